The largest absolute Gasteiger partial charge is 0.493 e. The van der Waals surface area contributed by atoms with Gasteiger partial charge in [0, 0.05) is 20.1 Å². The average molecular weight is 495 g/mol. The summed E-state index contributed by atoms with van der Waals surface area (Å²) in [6.45, 7) is 1.57. The first-order valence-corrected chi connectivity index (χ1v) is 9.49. The van der Waals surface area contributed by atoms with Crippen molar-refractivity contribution in [3.05, 3.63) is 58.7 Å². The van der Waals surface area contributed by atoms with E-state index < -0.39 is 0 Å². The molecule has 1 aliphatic rings. The third-order valence-corrected chi connectivity index (χ3v) is 5.00. The number of aliphatic imine (C=N–C) groups is 1. The molecule has 28 heavy (non-hydrogen) atoms. The number of ether oxygens (including phenoxy) is 2. The highest BCUT2D eigenvalue weighted by atomic mass is 127. The fraction of sp³-hybridized carbons (Fsp3) is 0.409. The van der Waals surface area contributed by atoms with E-state index in [0.717, 1.165) is 37.0 Å². The molecule has 3 rings (SSSR count). The number of rotatable bonds is 7. The summed E-state index contributed by atoms with van der Waals surface area (Å²) in [6, 6.07) is 12.8. The van der Waals surface area contributed by atoms with Gasteiger partial charge >= 0.3 is 0 Å². The number of hydrogen-bond donors (Lipinski definition) is 2. The number of benzene rings is 2. The molecule has 0 spiro atoms. The Hall–Kier alpha value is -1.96. The minimum Gasteiger partial charge on any atom is -0.493 e. The minimum atomic E-state index is 0. The molecule has 2 aromatic rings. The number of aryl methyl sites for hydroxylation is 2. The standard InChI is InChI=1S/C22H29N3O2.HI/c1-23-22(25-15-17-7-9-18-5-4-6-19(18)13-17)24-12-11-16-8-10-20(26-2)21(14-16)27-3;/h7-10,13-14H,4-6,11-12,15H2,1-3H3,(H2,23,24,25);1H. The lowest BCUT2D eigenvalue weighted by Gasteiger charge is -2.13. The number of halogens is 1. The van der Waals surface area contributed by atoms with Gasteiger partial charge < -0.3 is 20.1 Å². The Kier molecular flexibility index (Phi) is 8.89. The zero-order chi connectivity index (χ0) is 19.1. The molecule has 0 amide bonds. The van der Waals surface area contributed by atoms with Crippen LogP contribution in [0.3, 0.4) is 0 Å². The number of guanidine groups is 1. The molecule has 2 N–H and O–H groups in total. The predicted octanol–water partition coefficient (Wildman–Crippen LogP) is 3.72. The summed E-state index contributed by atoms with van der Waals surface area (Å²) in [4.78, 5) is 4.32. The zero-order valence-corrected chi connectivity index (χ0v) is 19.2. The van der Waals surface area contributed by atoms with Crippen molar-refractivity contribution in [2.75, 3.05) is 27.8 Å². The van der Waals surface area contributed by atoms with E-state index in [2.05, 4.69) is 39.9 Å². The second-order valence-corrected chi connectivity index (χ2v) is 6.75. The maximum absolute atomic E-state index is 5.36. The molecule has 152 valence electrons. The van der Waals surface area contributed by atoms with E-state index in [-0.39, 0.29) is 24.0 Å². The first-order valence-electron chi connectivity index (χ1n) is 9.49. The lowest BCUT2D eigenvalue weighted by molar-refractivity contribution is 0.354. The van der Waals surface area contributed by atoms with Crippen molar-refractivity contribution in [2.45, 2.75) is 32.2 Å². The number of fused-ring (bicyclic) bond motifs is 1. The number of nitrogens with one attached hydrogen (secondary N) is 2. The zero-order valence-electron chi connectivity index (χ0n) is 16.9. The Morgan fingerprint density at radius 3 is 2.43 bits per heavy atom. The Morgan fingerprint density at radius 2 is 1.68 bits per heavy atom. The monoisotopic (exact) mass is 495 g/mol. The fourth-order valence-electron chi connectivity index (χ4n) is 3.50. The smallest absolute Gasteiger partial charge is 0.191 e. The predicted molar refractivity (Wildman–Crippen MR) is 125 cm³/mol. The topological polar surface area (TPSA) is 54.9 Å². The van der Waals surface area contributed by atoms with Gasteiger partial charge in [-0.25, -0.2) is 0 Å². The van der Waals surface area contributed by atoms with E-state index in [9.17, 15) is 0 Å². The van der Waals surface area contributed by atoms with Crippen LogP contribution in [0.15, 0.2) is 41.4 Å². The van der Waals surface area contributed by atoms with Gasteiger partial charge in [0.2, 0.25) is 0 Å². The van der Waals surface area contributed by atoms with Crippen LogP contribution in [0.5, 0.6) is 11.5 Å². The van der Waals surface area contributed by atoms with Gasteiger partial charge in [-0.3, -0.25) is 4.99 Å². The summed E-state index contributed by atoms with van der Waals surface area (Å²) in [7, 11) is 5.11. The second kappa shape index (κ2) is 11.1. The van der Waals surface area contributed by atoms with E-state index in [1.165, 1.54) is 41.5 Å². The molecule has 6 heteroatoms. The third-order valence-electron chi connectivity index (χ3n) is 5.00. The Balaban J connectivity index is 0.00000280. The third kappa shape index (κ3) is 5.77. The molecule has 2 aromatic carbocycles. The van der Waals surface area contributed by atoms with Crippen LogP contribution in [-0.4, -0.2) is 33.8 Å². The molecule has 0 saturated heterocycles. The summed E-state index contributed by atoms with van der Waals surface area (Å²) in [5.74, 6) is 2.33. The van der Waals surface area contributed by atoms with Crippen LogP contribution < -0.4 is 20.1 Å². The fourth-order valence-corrected chi connectivity index (χ4v) is 3.50. The highest BCUT2D eigenvalue weighted by molar-refractivity contribution is 14.0. The van der Waals surface area contributed by atoms with Gasteiger partial charge in [-0.1, -0.05) is 24.3 Å². The number of nitrogens with zero attached hydrogens (tertiary/aromatic N) is 1. The normalized spacial score (nSPS) is 12.8. The van der Waals surface area contributed by atoms with Crippen LogP contribution in [0.1, 0.15) is 28.7 Å². The molecule has 0 unspecified atom stereocenters. The summed E-state index contributed by atoms with van der Waals surface area (Å²) in [5, 5.41) is 6.77. The summed E-state index contributed by atoms with van der Waals surface area (Å²) in [5.41, 5.74) is 5.51. The van der Waals surface area contributed by atoms with Crippen LogP contribution in [-0.2, 0) is 25.8 Å². The first kappa shape index (κ1) is 22.3. The van der Waals surface area contributed by atoms with Crippen molar-refractivity contribution < 1.29 is 9.47 Å². The summed E-state index contributed by atoms with van der Waals surface area (Å²) < 4.78 is 10.6. The van der Waals surface area contributed by atoms with E-state index in [1.54, 1.807) is 21.3 Å². The van der Waals surface area contributed by atoms with E-state index in [1.807, 2.05) is 12.1 Å². The molecule has 5 nitrogen and oxygen atoms in total. The van der Waals surface area contributed by atoms with E-state index in [4.69, 9.17) is 9.47 Å². The van der Waals surface area contributed by atoms with Gasteiger partial charge in [-0.05, 0) is 60.1 Å². The molecule has 1 aliphatic carbocycles. The van der Waals surface area contributed by atoms with Crippen LogP contribution >= 0.6 is 24.0 Å². The van der Waals surface area contributed by atoms with Crippen molar-refractivity contribution in [1.82, 2.24) is 10.6 Å². The van der Waals surface area contributed by atoms with E-state index in [0.29, 0.717) is 0 Å². The number of hydrogen-bond acceptors (Lipinski definition) is 3. The van der Waals surface area contributed by atoms with Gasteiger partial charge in [-0.2, -0.15) is 0 Å². The maximum Gasteiger partial charge on any atom is 0.191 e. The van der Waals surface area contributed by atoms with E-state index >= 15 is 0 Å². The molecular weight excluding hydrogens is 465 g/mol. The molecule has 0 aromatic heterocycles. The lowest BCUT2D eigenvalue weighted by atomic mass is 10.1. The summed E-state index contributed by atoms with van der Waals surface area (Å²) >= 11 is 0. The first-order chi connectivity index (χ1) is 13.2. The van der Waals surface area contributed by atoms with Crippen LogP contribution in [0, 0.1) is 0 Å². The molecule has 0 radical (unpaired) electrons. The van der Waals surface area contributed by atoms with Gasteiger partial charge in [0.1, 0.15) is 0 Å². The van der Waals surface area contributed by atoms with Crippen molar-refractivity contribution in [2.24, 2.45) is 4.99 Å². The van der Waals surface area contributed by atoms with Crippen LogP contribution in [0.4, 0.5) is 0 Å². The van der Waals surface area contributed by atoms with Gasteiger partial charge in [-0.15, -0.1) is 24.0 Å². The molecule has 0 bridgehead atoms. The van der Waals surface area contributed by atoms with Crippen molar-refractivity contribution in [3.8, 4) is 11.5 Å². The van der Waals surface area contributed by atoms with Gasteiger partial charge in [0.15, 0.2) is 17.5 Å². The van der Waals surface area contributed by atoms with Gasteiger partial charge in [0.25, 0.3) is 0 Å². The lowest BCUT2D eigenvalue weighted by Crippen LogP contribution is -2.37. The highest BCUT2D eigenvalue weighted by Gasteiger charge is 2.11. The Labute approximate surface area is 184 Å². The van der Waals surface area contributed by atoms with Crippen molar-refractivity contribution >= 4 is 29.9 Å². The molecular formula is C22H30IN3O2. The summed E-state index contributed by atoms with van der Waals surface area (Å²) in [6.07, 6.45) is 4.59. The van der Waals surface area contributed by atoms with Crippen LogP contribution in [0.25, 0.3) is 0 Å². The average Bonchev–Trinajstić information content (AvgIpc) is 3.18. The Bertz CT molecular complexity index is 808. The quantitative estimate of drug-likeness (QED) is 0.350. The molecule has 0 saturated carbocycles. The second-order valence-electron chi connectivity index (χ2n) is 6.75. The Morgan fingerprint density at radius 1 is 0.929 bits per heavy atom. The van der Waals surface area contributed by atoms with Crippen LogP contribution in [0.2, 0.25) is 0 Å². The van der Waals surface area contributed by atoms with Crippen molar-refractivity contribution in [3.63, 3.8) is 0 Å². The number of methoxy groups -OCH3 is 2. The van der Waals surface area contributed by atoms with Crippen molar-refractivity contribution in [1.29, 1.82) is 0 Å². The maximum atomic E-state index is 5.36. The molecule has 0 aliphatic heterocycles. The highest BCUT2D eigenvalue weighted by Crippen LogP contribution is 2.27. The van der Waals surface area contributed by atoms with Gasteiger partial charge in [0.05, 0.1) is 14.2 Å². The molecule has 0 fully saturated rings. The molecule has 0 atom stereocenters. The minimum absolute atomic E-state index is 0. The SMILES string of the molecule is CN=C(NCCc1ccc(OC)c(OC)c1)NCc1ccc2c(c1)CCC2.I. The molecule has 0 heterocycles.